The molecule has 0 radical (unpaired) electrons. The molecule has 3 aromatic carbocycles. The van der Waals surface area contributed by atoms with Gasteiger partial charge in [0.1, 0.15) is 0 Å². The van der Waals surface area contributed by atoms with Gasteiger partial charge in [-0.25, -0.2) is 8.42 Å². The minimum absolute atomic E-state index is 0.0900. The highest BCUT2D eigenvalue weighted by Crippen LogP contribution is 2.38. The standard InChI is InChI=1S/C24H22ClNO2S/c1-29(27,28)24(20-12-14-22(25)15-13-20)21-16-26(17-21)23(18-8-4-2-5-9-18)19-10-6-3-7-11-19/h2-15,23H,16-17H2,1H3. The van der Waals surface area contributed by atoms with Crippen molar-refractivity contribution in [2.24, 2.45) is 0 Å². The highest BCUT2D eigenvalue weighted by Gasteiger charge is 2.34. The predicted molar refractivity (Wildman–Crippen MR) is 120 cm³/mol. The van der Waals surface area contributed by atoms with E-state index in [1.54, 1.807) is 24.3 Å². The normalized spacial score (nSPS) is 14.7. The Morgan fingerprint density at radius 2 is 1.31 bits per heavy atom. The molecular weight excluding hydrogens is 402 g/mol. The number of hydrogen-bond acceptors (Lipinski definition) is 3. The average molecular weight is 424 g/mol. The third-order valence-corrected chi connectivity index (χ3v) is 6.70. The summed E-state index contributed by atoms with van der Waals surface area (Å²) in [6.45, 7) is 1.22. The minimum atomic E-state index is -3.36. The van der Waals surface area contributed by atoms with Crippen LogP contribution in [0, 0.1) is 0 Å². The van der Waals surface area contributed by atoms with Gasteiger partial charge in [-0.1, -0.05) is 84.4 Å². The molecule has 0 aliphatic carbocycles. The van der Waals surface area contributed by atoms with Gasteiger partial charge in [-0.3, -0.25) is 4.90 Å². The first-order valence-electron chi connectivity index (χ1n) is 9.45. The lowest BCUT2D eigenvalue weighted by molar-refractivity contribution is 0.203. The van der Waals surface area contributed by atoms with Crippen LogP contribution in [0.4, 0.5) is 0 Å². The Bertz CT molecular complexity index is 1080. The number of nitrogens with zero attached hydrogens (tertiary/aromatic N) is 1. The molecule has 29 heavy (non-hydrogen) atoms. The van der Waals surface area contributed by atoms with E-state index in [9.17, 15) is 8.42 Å². The Hall–Kier alpha value is -2.40. The summed E-state index contributed by atoms with van der Waals surface area (Å²) in [5, 5.41) is 0.593. The molecule has 1 aliphatic rings. The highest BCUT2D eigenvalue weighted by atomic mass is 35.5. The zero-order valence-corrected chi connectivity index (χ0v) is 17.7. The van der Waals surface area contributed by atoms with Crippen molar-refractivity contribution in [3.8, 4) is 0 Å². The minimum Gasteiger partial charge on any atom is -0.284 e. The van der Waals surface area contributed by atoms with Gasteiger partial charge in [0.05, 0.1) is 10.9 Å². The second kappa shape index (κ2) is 8.15. The lowest BCUT2D eigenvalue weighted by atomic mass is 9.92. The molecule has 3 aromatic rings. The molecule has 0 spiro atoms. The van der Waals surface area contributed by atoms with Crippen molar-refractivity contribution in [2.75, 3.05) is 19.3 Å². The molecular formula is C24H22ClNO2S. The van der Waals surface area contributed by atoms with E-state index in [1.165, 1.54) is 17.4 Å². The maximum Gasteiger partial charge on any atom is 0.176 e. The fourth-order valence-corrected chi connectivity index (χ4v) is 5.28. The van der Waals surface area contributed by atoms with Crippen LogP contribution in [0.1, 0.15) is 22.7 Å². The summed E-state index contributed by atoms with van der Waals surface area (Å²) < 4.78 is 25.1. The molecule has 3 nitrogen and oxygen atoms in total. The second-order valence-corrected chi connectivity index (χ2v) is 9.73. The van der Waals surface area contributed by atoms with Crippen LogP contribution in [-0.4, -0.2) is 32.7 Å². The molecule has 1 aliphatic heterocycles. The first-order valence-corrected chi connectivity index (χ1v) is 11.7. The highest BCUT2D eigenvalue weighted by molar-refractivity contribution is 8.00. The van der Waals surface area contributed by atoms with E-state index in [1.807, 2.05) is 36.4 Å². The first kappa shape index (κ1) is 19.9. The van der Waals surface area contributed by atoms with Crippen LogP contribution in [0.3, 0.4) is 0 Å². The third-order valence-electron chi connectivity index (χ3n) is 5.18. The maximum absolute atomic E-state index is 12.6. The summed E-state index contributed by atoms with van der Waals surface area (Å²) in [6, 6.07) is 27.8. The molecule has 0 N–H and O–H groups in total. The molecule has 0 unspecified atom stereocenters. The van der Waals surface area contributed by atoms with Gasteiger partial charge in [0.25, 0.3) is 0 Å². The zero-order chi connectivity index (χ0) is 20.4. The third kappa shape index (κ3) is 4.30. The van der Waals surface area contributed by atoms with Crippen LogP contribution in [0.5, 0.6) is 0 Å². The molecule has 5 heteroatoms. The lowest BCUT2D eigenvalue weighted by Gasteiger charge is -2.42. The number of rotatable bonds is 5. The summed E-state index contributed by atoms with van der Waals surface area (Å²) in [7, 11) is -3.36. The molecule has 0 atom stereocenters. The Kier molecular flexibility index (Phi) is 5.59. The number of likely N-dealkylation sites (tertiary alicyclic amines) is 1. The molecule has 0 saturated carbocycles. The number of benzene rings is 3. The van der Waals surface area contributed by atoms with Gasteiger partial charge in [-0.15, -0.1) is 0 Å². The van der Waals surface area contributed by atoms with Crippen molar-refractivity contribution in [3.63, 3.8) is 0 Å². The average Bonchev–Trinajstić information content (AvgIpc) is 2.68. The molecule has 4 rings (SSSR count). The van der Waals surface area contributed by atoms with E-state index in [0.29, 0.717) is 28.6 Å². The van der Waals surface area contributed by atoms with Gasteiger partial charge in [0.15, 0.2) is 9.84 Å². The summed E-state index contributed by atoms with van der Waals surface area (Å²) >= 11 is 5.98. The van der Waals surface area contributed by atoms with Crippen LogP contribution < -0.4 is 0 Å². The van der Waals surface area contributed by atoms with E-state index < -0.39 is 9.84 Å². The summed E-state index contributed by atoms with van der Waals surface area (Å²) in [6.07, 6.45) is 1.28. The van der Waals surface area contributed by atoms with Crippen molar-refractivity contribution in [1.82, 2.24) is 4.90 Å². The van der Waals surface area contributed by atoms with Gasteiger partial charge >= 0.3 is 0 Å². The summed E-state index contributed by atoms with van der Waals surface area (Å²) in [5.74, 6) is 0. The summed E-state index contributed by atoms with van der Waals surface area (Å²) in [5.41, 5.74) is 4.03. The predicted octanol–water partition coefficient (Wildman–Crippen LogP) is 5.20. The second-order valence-electron chi connectivity index (χ2n) is 7.34. The quantitative estimate of drug-likeness (QED) is 0.566. The molecule has 0 amide bonds. The molecule has 0 aromatic heterocycles. The Balaban J connectivity index is 1.70. The van der Waals surface area contributed by atoms with Crippen molar-refractivity contribution >= 4 is 26.3 Å². The van der Waals surface area contributed by atoms with Gasteiger partial charge < -0.3 is 0 Å². The lowest BCUT2D eigenvalue weighted by Crippen LogP contribution is -2.44. The van der Waals surface area contributed by atoms with E-state index in [-0.39, 0.29) is 6.04 Å². The monoisotopic (exact) mass is 423 g/mol. The van der Waals surface area contributed by atoms with Crippen molar-refractivity contribution < 1.29 is 8.42 Å². The smallest absolute Gasteiger partial charge is 0.176 e. The Morgan fingerprint density at radius 1 is 0.828 bits per heavy atom. The van der Waals surface area contributed by atoms with Crippen LogP contribution in [-0.2, 0) is 9.84 Å². The zero-order valence-electron chi connectivity index (χ0n) is 16.1. The van der Waals surface area contributed by atoms with E-state index in [4.69, 9.17) is 11.6 Å². The van der Waals surface area contributed by atoms with E-state index >= 15 is 0 Å². The topological polar surface area (TPSA) is 37.4 Å². The number of hydrogen-bond donors (Lipinski definition) is 0. The number of halogens is 1. The molecule has 0 bridgehead atoms. The van der Waals surface area contributed by atoms with Gasteiger partial charge in [0.2, 0.25) is 0 Å². The van der Waals surface area contributed by atoms with Crippen molar-refractivity contribution in [3.05, 3.63) is 112 Å². The van der Waals surface area contributed by atoms with Gasteiger partial charge in [-0.2, -0.15) is 0 Å². The van der Waals surface area contributed by atoms with Crippen LogP contribution in [0.25, 0.3) is 4.91 Å². The molecule has 1 fully saturated rings. The fourth-order valence-electron chi connectivity index (χ4n) is 3.94. The molecule has 148 valence electrons. The van der Waals surface area contributed by atoms with E-state index in [2.05, 4.69) is 29.2 Å². The van der Waals surface area contributed by atoms with Crippen molar-refractivity contribution in [2.45, 2.75) is 6.04 Å². The van der Waals surface area contributed by atoms with Gasteiger partial charge in [-0.05, 0) is 34.4 Å². The Morgan fingerprint density at radius 3 is 1.76 bits per heavy atom. The molecule has 1 saturated heterocycles. The van der Waals surface area contributed by atoms with Crippen LogP contribution >= 0.6 is 11.6 Å². The number of sulfone groups is 1. The first-order chi connectivity index (χ1) is 13.9. The molecule has 1 heterocycles. The van der Waals surface area contributed by atoms with Crippen LogP contribution in [0.2, 0.25) is 5.02 Å². The van der Waals surface area contributed by atoms with Crippen molar-refractivity contribution in [1.29, 1.82) is 0 Å². The largest absolute Gasteiger partial charge is 0.284 e. The maximum atomic E-state index is 12.6. The fraction of sp³-hybridized carbons (Fsp3) is 0.167. The Labute approximate surface area is 177 Å². The van der Waals surface area contributed by atoms with Crippen LogP contribution in [0.15, 0.2) is 90.5 Å². The summed E-state index contributed by atoms with van der Waals surface area (Å²) in [4.78, 5) is 2.73. The van der Waals surface area contributed by atoms with Gasteiger partial charge in [0, 0.05) is 24.4 Å². The van der Waals surface area contributed by atoms with E-state index in [0.717, 1.165) is 5.57 Å². The SMILES string of the molecule is CS(=O)(=O)C(=C1CN(C(c2ccccc2)c2ccccc2)C1)c1ccc(Cl)cc1.